The van der Waals surface area contributed by atoms with Crippen LogP contribution in [0.5, 0.6) is 0 Å². The number of amides is 3. The van der Waals surface area contributed by atoms with Crippen molar-refractivity contribution < 1.29 is 18.4 Å². The lowest BCUT2D eigenvalue weighted by molar-refractivity contribution is -0.132. The molecule has 0 atom stereocenters. The Balaban J connectivity index is 1.78. The van der Waals surface area contributed by atoms with Gasteiger partial charge in [0, 0.05) is 0 Å². The molecule has 2 fully saturated rings. The van der Waals surface area contributed by atoms with E-state index in [0.29, 0.717) is 18.8 Å². The second kappa shape index (κ2) is 5.72. The standard InChI is InChI=1S/C16H17F2N3O2/c1-10-4-6-16(7-5-10)14(22)21(15(23)20-16)19-9-11-2-3-12(17)13(18)8-11/h2-3,8-10H,4-7H2,1H3,(H,20,23)/b19-9-. The number of imide groups is 1. The van der Waals surface area contributed by atoms with E-state index < -0.39 is 23.2 Å². The summed E-state index contributed by atoms with van der Waals surface area (Å²) in [5, 5.41) is 7.36. The predicted molar refractivity (Wildman–Crippen MR) is 79.7 cm³/mol. The van der Waals surface area contributed by atoms with Crippen LogP contribution >= 0.6 is 0 Å². The van der Waals surface area contributed by atoms with Crippen LogP contribution in [0.2, 0.25) is 0 Å². The van der Waals surface area contributed by atoms with Crippen molar-refractivity contribution in [2.24, 2.45) is 11.0 Å². The Bertz CT molecular complexity index is 682. The number of nitrogens with zero attached hydrogens (tertiary/aromatic N) is 2. The Morgan fingerprint density at radius 2 is 1.96 bits per heavy atom. The molecular formula is C16H17F2N3O2. The first kappa shape index (κ1) is 15.6. The Kier molecular flexibility index (Phi) is 3.87. The molecule has 3 rings (SSSR count). The molecule has 122 valence electrons. The number of carbonyl (C=O) groups is 2. The van der Waals surface area contributed by atoms with E-state index in [9.17, 15) is 18.4 Å². The van der Waals surface area contributed by atoms with Crippen molar-refractivity contribution >= 4 is 18.2 Å². The highest BCUT2D eigenvalue weighted by atomic mass is 19.2. The van der Waals surface area contributed by atoms with Crippen molar-refractivity contribution in [1.29, 1.82) is 0 Å². The average molecular weight is 321 g/mol. The number of halogens is 2. The molecule has 0 radical (unpaired) electrons. The molecule has 1 aliphatic carbocycles. The average Bonchev–Trinajstić information content (AvgIpc) is 2.75. The van der Waals surface area contributed by atoms with Crippen molar-refractivity contribution in [3.05, 3.63) is 35.4 Å². The van der Waals surface area contributed by atoms with Crippen LogP contribution in [-0.4, -0.2) is 28.7 Å². The molecule has 0 bridgehead atoms. The van der Waals surface area contributed by atoms with Gasteiger partial charge in [-0.25, -0.2) is 13.6 Å². The molecular weight excluding hydrogens is 304 g/mol. The number of benzene rings is 1. The Morgan fingerprint density at radius 3 is 2.61 bits per heavy atom. The van der Waals surface area contributed by atoms with Crippen molar-refractivity contribution in [1.82, 2.24) is 10.3 Å². The number of hydrazone groups is 1. The van der Waals surface area contributed by atoms with Crippen molar-refractivity contribution in [3.63, 3.8) is 0 Å². The number of carbonyl (C=O) groups excluding carboxylic acids is 2. The zero-order valence-electron chi connectivity index (χ0n) is 12.7. The number of urea groups is 1. The normalized spacial score (nSPS) is 28.0. The highest BCUT2D eigenvalue weighted by Crippen LogP contribution is 2.36. The van der Waals surface area contributed by atoms with Crippen LogP contribution in [0.4, 0.5) is 13.6 Å². The minimum Gasteiger partial charge on any atom is -0.321 e. The zero-order valence-corrected chi connectivity index (χ0v) is 12.7. The first-order valence-corrected chi connectivity index (χ1v) is 7.57. The minimum absolute atomic E-state index is 0.266. The molecule has 0 unspecified atom stereocenters. The lowest BCUT2D eigenvalue weighted by atomic mass is 9.77. The molecule has 23 heavy (non-hydrogen) atoms. The van der Waals surface area contributed by atoms with Gasteiger partial charge in [-0.1, -0.05) is 13.0 Å². The van der Waals surface area contributed by atoms with E-state index in [2.05, 4.69) is 17.3 Å². The van der Waals surface area contributed by atoms with Crippen LogP contribution in [0, 0.1) is 17.6 Å². The molecule has 2 aliphatic rings. The third-order valence-corrected chi connectivity index (χ3v) is 4.53. The third kappa shape index (κ3) is 2.83. The second-order valence-corrected chi connectivity index (χ2v) is 6.23. The molecule has 1 aromatic rings. The third-order valence-electron chi connectivity index (χ3n) is 4.53. The lowest BCUT2D eigenvalue weighted by Gasteiger charge is -2.33. The van der Waals surface area contributed by atoms with E-state index in [-0.39, 0.29) is 11.5 Å². The van der Waals surface area contributed by atoms with E-state index in [1.165, 1.54) is 12.3 Å². The van der Waals surface area contributed by atoms with E-state index in [0.717, 1.165) is 30.0 Å². The van der Waals surface area contributed by atoms with Crippen LogP contribution in [0.15, 0.2) is 23.3 Å². The maximum atomic E-state index is 13.2. The molecule has 1 N–H and O–H groups in total. The van der Waals surface area contributed by atoms with Crippen LogP contribution in [0.3, 0.4) is 0 Å². The first-order valence-electron chi connectivity index (χ1n) is 7.57. The Hall–Kier alpha value is -2.31. The zero-order chi connectivity index (χ0) is 16.6. The molecule has 7 heteroatoms. The highest BCUT2D eigenvalue weighted by Gasteiger charge is 2.52. The summed E-state index contributed by atoms with van der Waals surface area (Å²) >= 11 is 0. The van der Waals surface area contributed by atoms with Crippen molar-refractivity contribution in [2.45, 2.75) is 38.1 Å². The molecule has 1 aliphatic heterocycles. The van der Waals surface area contributed by atoms with Crippen LogP contribution in [-0.2, 0) is 4.79 Å². The van der Waals surface area contributed by atoms with Crippen molar-refractivity contribution in [2.75, 3.05) is 0 Å². The van der Waals surface area contributed by atoms with E-state index in [1.54, 1.807) is 0 Å². The summed E-state index contributed by atoms with van der Waals surface area (Å²) in [4.78, 5) is 24.6. The predicted octanol–water partition coefficient (Wildman–Crippen LogP) is 2.80. The van der Waals surface area contributed by atoms with E-state index in [1.807, 2.05) is 0 Å². The maximum Gasteiger partial charge on any atom is 0.346 e. The summed E-state index contributed by atoms with van der Waals surface area (Å²) in [6.07, 6.45) is 4.09. The van der Waals surface area contributed by atoms with Crippen LogP contribution in [0.25, 0.3) is 0 Å². The summed E-state index contributed by atoms with van der Waals surface area (Å²) in [7, 11) is 0. The van der Waals surface area contributed by atoms with Gasteiger partial charge >= 0.3 is 6.03 Å². The van der Waals surface area contributed by atoms with Gasteiger partial charge in [0.25, 0.3) is 5.91 Å². The molecule has 3 amide bonds. The number of hydrogen-bond acceptors (Lipinski definition) is 3. The topological polar surface area (TPSA) is 61.8 Å². The number of nitrogens with one attached hydrogen (secondary N) is 1. The first-order chi connectivity index (χ1) is 10.9. The van der Waals surface area contributed by atoms with Gasteiger partial charge in [-0.05, 0) is 49.3 Å². The van der Waals surface area contributed by atoms with E-state index in [4.69, 9.17) is 0 Å². The summed E-state index contributed by atoms with van der Waals surface area (Å²) < 4.78 is 26.0. The summed E-state index contributed by atoms with van der Waals surface area (Å²) in [5.74, 6) is -1.82. The van der Waals surface area contributed by atoms with Gasteiger partial charge in [-0.3, -0.25) is 4.79 Å². The molecule has 1 aromatic carbocycles. The van der Waals surface area contributed by atoms with Gasteiger partial charge in [0.15, 0.2) is 11.6 Å². The molecule has 1 spiro atoms. The van der Waals surface area contributed by atoms with Crippen LogP contribution < -0.4 is 5.32 Å². The van der Waals surface area contributed by atoms with E-state index >= 15 is 0 Å². The van der Waals surface area contributed by atoms with Gasteiger partial charge in [-0.15, -0.1) is 5.01 Å². The Labute approximate surface area is 132 Å². The molecule has 1 saturated heterocycles. The maximum absolute atomic E-state index is 13.2. The fourth-order valence-electron chi connectivity index (χ4n) is 3.02. The molecule has 1 saturated carbocycles. The Morgan fingerprint density at radius 1 is 1.26 bits per heavy atom. The van der Waals surface area contributed by atoms with Crippen LogP contribution in [0.1, 0.15) is 38.2 Å². The van der Waals surface area contributed by atoms with Gasteiger partial charge < -0.3 is 5.32 Å². The summed E-state index contributed by atoms with van der Waals surface area (Å²) in [5.41, 5.74) is -0.600. The van der Waals surface area contributed by atoms with Gasteiger partial charge in [-0.2, -0.15) is 5.10 Å². The van der Waals surface area contributed by atoms with Gasteiger partial charge in [0.2, 0.25) is 0 Å². The molecule has 1 heterocycles. The second-order valence-electron chi connectivity index (χ2n) is 6.23. The fourth-order valence-corrected chi connectivity index (χ4v) is 3.02. The fraction of sp³-hybridized carbons (Fsp3) is 0.438. The quantitative estimate of drug-likeness (QED) is 0.672. The summed E-state index contributed by atoms with van der Waals surface area (Å²) in [6, 6.07) is 2.66. The highest BCUT2D eigenvalue weighted by molar-refractivity contribution is 6.07. The lowest BCUT2D eigenvalue weighted by Crippen LogP contribution is -2.49. The summed E-state index contributed by atoms with van der Waals surface area (Å²) in [6.45, 7) is 2.12. The van der Waals surface area contributed by atoms with Crippen molar-refractivity contribution in [3.8, 4) is 0 Å². The number of rotatable bonds is 2. The van der Waals surface area contributed by atoms with Gasteiger partial charge in [0.05, 0.1) is 6.21 Å². The SMILES string of the molecule is CC1CCC2(CC1)NC(=O)N(/N=C\c1ccc(F)c(F)c1)C2=O. The smallest absolute Gasteiger partial charge is 0.321 e. The monoisotopic (exact) mass is 321 g/mol. The molecule has 0 aromatic heterocycles. The largest absolute Gasteiger partial charge is 0.346 e. The molecule has 5 nitrogen and oxygen atoms in total. The minimum atomic E-state index is -1.01. The number of hydrogen-bond donors (Lipinski definition) is 1. The van der Waals surface area contributed by atoms with Gasteiger partial charge in [0.1, 0.15) is 5.54 Å².